The lowest BCUT2D eigenvalue weighted by Crippen LogP contribution is -2.41. The maximum absolute atomic E-state index is 13.0. The van der Waals surface area contributed by atoms with Crippen molar-refractivity contribution in [3.05, 3.63) is 77.6 Å². The van der Waals surface area contributed by atoms with E-state index in [1.165, 1.54) is 17.0 Å². The standard InChI is InChI=1S/C26H29N5O2/c1-29-14-21(13-27)20-12-22(25(28)30-15-20)26(32)31-23-7-4-8-24(23)33-16-17-9-10-18-5-2-3-6-19(18)11-17/h2-3,5-6,9-15,23-24H,4,7-8,16,27H2,1H3,(H2,28,30)(H,31,32)/b21-13+,29-14?/t23-,24-/m0/s1. The lowest BCUT2D eigenvalue weighted by Gasteiger charge is -2.22. The molecule has 0 unspecified atom stereocenters. The van der Waals surface area contributed by atoms with Gasteiger partial charge in [0.1, 0.15) is 5.82 Å². The normalized spacial score (nSPS) is 18.8. The average molecular weight is 444 g/mol. The minimum Gasteiger partial charge on any atom is -0.404 e. The van der Waals surface area contributed by atoms with Crippen molar-refractivity contribution in [2.75, 3.05) is 12.8 Å². The third-order valence-corrected chi connectivity index (χ3v) is 5.99. The van der Waals surface area contributed by atoms with Gasteiger partial charge in [-0.1, -0.05) is 36.4 Å². The van der Waals surface area contributed by atoms with Crippen molar-refractivity contribution in [2.24, 2.45) is 10.7 Å². The van der Waals surface area contributed by atoms with Crippen LogP contribution < -0.4 is 16.8 Å². The fourth-order valence-electron chi connectivity index (χ4n) is 4.24. The van der Waals surface area contributed by atoms with E-state index in [2.05, 4.69) is 45.6 Å². The first-order valence-corrected chi connectivity index (χ1v) is 11.1. The van der Waals surface area contributed by atoms with E-state index in [4.69, 9.17) is 16.2 Å². The van der Waals surface area contributed by atoms with Crippen LogP contribution in [0.25, 0.3) is 16.3 Å². The Morgan fingerprint density at radius 1 is 1.21 bits per heavy atom. The summed E-state index contributed by atoms with van der Waals surface area (Å²) in [6.45, 7) is 0.502. The molecule has 0 aliphatic heterocycles. The minimum absolute atomic E-state index is 0.0514. The summed E-state index contributed by atoms with van der Waals surface area (Å²) in [5.41, 5.74) is 14.5. The third kappa shape index (κ3) is 5.21. The zero-order valence-corrected chi connectivity index (χ0v) is 18.7. The van der Waals surface area contributed by atoms with E-state index in [9.17, 15) is 4.79 Å². The van der Waals surface area contributed by atoms with Gasteiger partial charge in [0.15, 0.2) is 0 Å². The maximum Gasteiger partial charge on any atom is 0.255 e. The highest BCUT2D eigenvalue weighted by Crippen LogP contribution is 2.25. The minimum atomic E-state index is -0.266. The van der Waals surface area contributed by atoms with E-state index in [1.54, 1.807) is 25.5 Å². The van der Waals surface area contributed by atoms with Gasteiger partial charge < -0.3 is 21.5 Å². The first kappa shape index (κ1) is 22.5. The van der Waals surface area contributed by atoms with Crippen LogP contribution in [-0.2, 0) is 11.3 Å². The van der Waals surface area contributed by atoms with E-state index < -0.39 is 0 Å². The van der Waals surface area contributed by atoms with Gasteiger partial charge in [0.05, 0.1) is 24.3 Å². The van der Waals surface area contributed by atoms with Gasteiger partial charge in [0.25, 0.3) is 5.91 Å². The van der Waals surface area contributed by atoms with Crippen molar-refractivity contribution < 1.29 is 9.53 Å². The van der Waals surface area contributed by atoms with Gasteiger partial charge in [0.2, 0.25) is 0 Å². The summed E-state index contributed by atoms with van der Waals surface area (Å²) in [6.07, 6.45) is 7.32. The molecule has 0 saturated heterocycles. The lowest BCUT2D eigenvalue weighted by molar-refractivity contribution is 0.0272. The van der Waals surface area contributed by atoms with Crippen LogP contribution in [0.15, 0.2) is 65.9 Å². The second-order valence-corrected chi connectivity index (χ2v) is 8.21. The Morgan fingerprint density at radius 3 is 2.82 bits per heavy atom. The summed E-state index contributed by atoms with van der Waals surface area (Å²) in [5.74, 6) is -0.0921. The van der Waals surface area contributed by atoms with Gasteiger partial charge in [-0.15, -0.1) is 0 Å². The number of aliphatic imine (C=N–C) groups is 1. The van der Waals surface area contributed by atoms with E-state index in [-0.39, 0.29) is 23.9 Å². The predicted octanol–water partition coefficient (Wildman–Crippen LogP) is 3.68. The molecule has 1 aliphatic carbocycles. The SMILES string of the molecule is CN=C/C(=C\N)c1cnc(N)c(C(=O)N[C@H]2CCC[C@@H]2OCc2ccc3ccccc3c2)c1. The van der Waals surface area contributed by atoms with E-state index >= 15 is 0 Å². The highest BCUT2D eigenvalue weighted by atomic mass is 16.5. The van der Waals surface area contributed by atoms with Crippen LogP contribution in [0.3, 0.4) is 0 Å². The smallest absolute Gasteiger partial charge is 0.255 e. The fourth-order valence-corrected chi connectivity index (χ4v) is 4.24. The monoisotopic (exact) mass is 443 g/mol. The Balaban J connectivity index is 1.43. The highest BCUT2D eigenvalue weighted by molar-refractivity contribution is 6.10. The Morgan fingerprint density at radius 2 is 2.03 bits per heavy atom. The van der Waals surface area contributed by atoms with Crippen molar-refractivity contribution in [1.29, 1.82) is 0 Å². The largest absolute Gasteiger partial charge is 0.404 e. The molecule has 7 nitrogen and oxygen atoms in total. The topological polar surface area (TPSA) is 116 Å². The summed E-state index contributed by atoms with van der Waals surface area (Å²) in [5, 5.41) is 5.50. The molecule has 7 heteroatoms. The van der Waals surface area contributed by atoms with Gasteiger partial charge in [0, 0.05) is 36.8 Å². The number of hydrogen-bond donors (Lipinski definition) is 3. The zero-order valence-electron chi connectivity index (χ0n) is 18.7. The number of benzene rings is 2. The fraction of sp³-hybridized carbons (Fsp3) is 0.269. The van der Waals surface area contributed by atoms with Crippen molar-refractivity contribution in [3.8, 4) is 0 Å². The molecule has 1 saturated carbocycles. The number of nitrogens with one attached hydrogen (secondary N) is 1. The predicted molar refractivity (Wildman–Crippen MR) is 133 cm³/mol. The van der Waals surface area contributed by atoms with Crippen molar-refractivity contribution in [1.82, 2.24) is 10.3 Å². The first-order valence-electron chi connectivity index (χ1n) is 11.1. The van der Waals surface area contributed by atoms with Crippen LogP contribution in [0.4, 0.5) is 5.82 Å². The molecule has 5 N–H and O–H groups in total. The number of carbonyl (C=O) groups excluding carboxylic acids is 1. The van der Waals surface area contributed by atoms with Crippen molar-refractivity contribution in [2.45, 2.75) is 38.0 Å². The van der Waals surface area contributed by atoms with Crippen LogP contribution in [0, 0.1) is 0 Å². The molecule has 1 fully saturated rings. The number of nitrogen functional groups attached to an aromatic ring is 1. The molecule has 33 heavy (non-hydrogen) atoms. The lowest BCUT2D eigenvalue weighted by atomic mass is 10.1. The number of pyridine rings is 1. The van der Waals surface area contributed by atoms with Gasteiger partial charge in [-0.3, -0.25) is 9.79 Å². The Labute approximate surface area is 193 Å². The number of ether oxygens (including phenoxy) is 1. The maximum atomic E-state index is 13.0. The van der Waals surface area contributed by atoms with Gasteiger partial charge in [-0.25, -0.2) is 4.98 Å². The quantitative estimate of drug-likeness (QED) is 0.482. The summed E-state index contributed by atoms with van der Waals surface area (Å²) >= 11 is 0. The molecule has 2 aromatic carbocycles. The van der Waals surface area contributed by atoms with Crippen molar-refractivity contribution in [3.63, 3.8) is 0 Å². The van der Waals surface area contributed by atoms with Crippen LogP contribution >= 0.6 is 0 Å². The van der Waals surface area contributed by atoms with Crippen LogP contribution in [0.5, 0.6) is 0 Å². The first-order chi connectivity index (χ1) is 16.1. The number of fused-ring (bicyclic) bond motifs is 1. The van der Waals surface area contributed by atoms with Crippen LogP contribution in [0.1, 0.15) is 40.7 Å². The van der Waals surface area contributed by atoms with Gasteiger partial charge in [-0.05, 0) is 47.7 Å². The Bertz CT molecular complexity index is 1200. The molecule has 1 aliphatic rings. The van der Waals surface area contributed by atoms with Crippen LogP contribution in [-0.4, -0.2) is 36.3 Å². The second-order valence-electron chi connectivity index (χ2n) is 8.21. The summed E-state index contributed by atoms with van der Waals surface area (Å²) < 4.78 is 6.22. The number of aromatic nitrogens is 1. The molecule has 1 amide bonds. The Hall–Kier alpha value is -3.71. The van der Waals surface area contributed by atoms with Gasteiger partial charge in [-0.2, -0.15) is 0 Å². The zero-order chi connectivity index (χ0) is 23.2. The number of allylic oxidation sites excluding steroid dienone is 1. The molecule has 170 valence electrons. The number of rotatable bonds is 7. The number of amides is 1. The summed E-state index contributed by atoms with van der Waals surface area (Å²) in [7, 11) is 1.65. The second kappa shape index (κ2) is 10.3. The number of carbonyl (C=O) groups is 1. The molecule has 0 radical (unpaired) electrons. The average Bonchev–Trinajstić information content (AvgIpc) is 3.28. The number of hydrogen-bond acceptors (Lipinski definition) is 6. The van der Waals surface area contributed by atoms with Gasteiger partial charge >= 0.3 is 0 Å². The van der Waals surface area contributed by atoms with E-state index in [0.29, 0.717) is 23.3 Å². The van der Waals surface area contributed by atoms with Crippen LogP contribution in [0.2, 0.25) is 0 Å². The molecular weight excluding hydrogens is 414 g/mol. The third-order valence-electron chi connectivity index (χ3n) is 5.99. The van der Waals surface area contributed by atoms with Crippen molar-refractivity contribution >= 4 is 34.3 Å². The molecule has 1 aromatic heterocycles. The number of nitrogens with zero attached hydrogens (tertiary/aromatic N) is 2. The van der Waals surface area contributed by atoms with E-state index in [0.717, 1.165) is 24.8 Å². The molecule has 3 aromatic rings. The molecule has 0 bridgehead atoms. The summed E-state index contributed by atoms with van der Waals surface area (Å²) in [6, 6.07) is 16.2. The highest BCUT2D eigenvalue weighted by Gasteiger charge is 2.30. The molecular formula is C26H29N5O2. The molecule has 2 atom stereocenters. The molecule has 0 spiro atoms. The molecule has 4 rings (SSSR count). The molecule has 1 heterocycles. The number of nitrogens with two attached hydrogens (primary N) is 2. The summed E-state index contributed by atoms with van der Waals surface area (Å²) in [4.78, 5) is 21.2. The van der Waals surface area contributed by atoms with E-state index in [1.807, 2.05) is 12.1 Å². The number of anilines is 1. The Kier molecular flexibility index (Phi) is 7.00.